The third kappa shape index (κ3) is 6.35. The minimum Gasteiger partial charge on any atom is -0.550 e. The van der Waals surface area contributed by atoms with E-state index in [0.717, 1.165) is 6.42 Å². The van der Waals surface area contributed by atoms with Crippen LogP contribution in [0, 0.1) is 0 Å². The number of carboxylic acid groups (broad SMARTS) is 1. The van der Waals surface area contributed by atoms with E-state index in [4.69, 9.17) is 0 Å². The van der Waals surface area contributed by atoms with Gasteiger partial charge in [-0.1, -0.05) is 25.1 Å². The largest absolute Gasteiger partial charge is 0.550 e. The van der Waals surface area contributed by atoms with Crippen molar-refractivity contribution in [1.29, 1.82) is 0 Å². The van der Waals surface area contributed by atoms with E-state index in [9.17, 15) is 19.5 Å². The molecule has 2 heterocycles. The normalized spacial score (nSPS) is 12.2. The van der Waals surface area contributed by atoms with Gasteiger partial charge in [-0.2, -0.15) is 0 Å². The number of fused-ring (bicyclic) bond motifs is 1. The first-order valence-electron chi connectivity index (χ1n) is 9.02. The standard InChI is InChI=1S/C18H25N3O4S2/c1-3-12(2)19-14(22)11-27-18-20-13-8-10-26-16(13)17(25)21(18)9-6-4-5-7-15(23)24/h8,10,12H,3-7,9,11H2,1-2H3,(H,19,22)(H,23,24)/p-1. The number of carbonyl (C=O) groups excluding carboxylic acids is 2. The highest BCUT2D eigenvalue weighted by Gasteiger charge is 2.14. The first-order chi connectivity index (χ1) is 12.9. The predicted octanol–water partition coefficient (Wildman–Crippen LogP) is 1.78. The van der Waals surface area contributed by atoms with Crippen LogP contribution in [0.25, 0.3) is 10.2 Å². The average Bonchev–Trinajstić information content (AvgIpc) is 3.09. The summed E-state index contributed by atoms with van der Waals surface area (Å²) in [6, 6.07) is 1.91. The molecule has 0 aliphatic carbocycles. The molecule has 1 amide bonds. The first-order valence-corrected chi connectivity index (χ1v) is 10.9. The summed E-state index contributed by atoms with van der Waals surface area (Å²) in [5, 5.41) is 15.7. The van der Waals surface area contributed by atoms with Crippen LogP contribution in [0.3, 0.4) is 0 Å². The average molecular weight is 411 g/mol. The minimum atomic E-state index is -1.06. The van der Waals surface area contributed by atoms with Crippen LogP contribution in [-0.2, 0) is 16.1 Å². The highest BCUT2D eigenvalue weighted by Crippen LogP contribution is 2.21. The van der Waals surface area contributed by atoms with E-state index in [2.05, 4.69) is 10.3 Å². The summed E-state index contributed by atoms with van der Waals surface area (Å²) < 4.78 is 2.19. The topological polar surface area (TPSA) is 104 Å². The SMILES string of the molecule is CCC(C)NC(=O)CSc1nc2ccsc2c(=O)n1CCCCCC(=O)[O-]. The lowest BCUT2D eigenvalue weighted by Crippen LogP contribution is -2.33. The number of thioether (sulfide) groups is 1. The maximum absolute atomic E-state index is 12.8. The summed E-state index contributed by atoms with van der Waals surface area (Å²) in [6.45, 7) is 4.39. The minimum absolute atomic E-state index is 0.0223. The Hall–Kier alpha value is -1.87. The molecule has 0 aromatic carbocycles. The molecular weight excluding hydrogens is 386 g/mol. The van der Waals surface area contributed by atoms with Crippen LogP contribution in [0.1, 0.15) is 46.0 Å². The van der Waals surface area contributed by atoms with Gasteiger partial charge in [0.05, 0.1) is 11.3 Å². The molecular formula is C18H24N3O4S2-. The van der Waals surface area contributed by atoms with Crippen LogP contribution in [0.15, 0.2) is 21.4 Å². The Morgan fingerprint density at radius 1 is 1.37 bits per heavy atom. The number of aliphatic carboxylic acids is 1. The second-order valence-corrected chi connectivity index (χ2v) is 8.19. The Morgan fingerprint density at radius 3 is 2.85 bits per heavy atom. The molecule has 9 heteroatoms. The number of thiophene rings is 1. The molecule has 1 unspecified atom stereocenters. The molecule has 1 atom stereocenters. The molecule has 2 aromatic heterocycles. The zero-order valence-electron chi connectivity index (χ0n) is 15.5. The van der Waals surface area contributed by atoms with Crippen LogP contribution in [-0.4, -0.2) is 33.2 Å². The van der Waals surface area contributed by atoms with Gasteiger partial charge >= 0.3 is 0 Å². The third-order valence-corrected chi connectivity index (χ3v) is 6.01. The zero-order valence-corrected chi connectivity index (χ0v) is 17.2. The van der Waals surface area contributed by atoms with Crippen LogP contribution >= 0.6 is 23.1 Å². The van der Waals surface area contributed by atoms with E-state index in [1.54, 1.807) is 10.6 Å². The monoisotopic (exact) mass is 410 g/mol. The Kier molecular flexibility index (Phi) is 8.30. The lowest BCUT2D eigenvalue weighted by molar-refractivity contribution is -0.305. The smallest absolute Gasteiger partial charge is 0.272 e. The van der Waals surface area contributed by atoms with Gasteiger partial charge in [-0.25, -0.2) is 4.98 Å². The number of amides is 1. The molecule has 0 fully saturated rings. The quantitative estimate of drug-likeness (QED) is 0.344. The molecule has 0 spiro atoms. The summed E-state index contributed by atoms with van der Waals surface area (Å²) in [5.41, 5.74) is 0.530. The van der Waals surface area contributed by atoms with Crippen LogP contribution in [0.4, 0.5) is 0 Å². The van der Waals surface area contributed by atoms with E-state index in [1.165, 1.54) is 23.1 Å². The van der Waals surface area contributed by atoms with E-state index < -0.39 is 5.97 Å². The summed E-state index contributed by atoms with van der Waals surface area (Å²) in [7, 11) is 0. The molecule has 0 saturated heterocycles. The second kappa shape index (κ2) is 10.5. The molecule has 0 radical (unpaired) electrons. The summed E-state index contributed by atoms with van der Waals surface area (Å²) in [5.74, 6) is -0.955. The van der Waals surface area contributed by atoms with E-state index in [0.29, 0.717) is 41.2 Å². The van der Waals surface area contributed by atoms with Gasteiger partial charge in [0.25, 0.3) is 5.56 Å². The Balaban J connectivity index is 2.09. The molecule has 1 N–H and O–H groups in total. The molecule has 7 nitrogen and oxygen atoms in total. The lowest BCUT2D eigenvalue weighted by Gasteiger charge is -2.13. The van der Waals surface area contributed by atoms with Crippen molar-refractivity contribution in [1.82, 2.24) is 14.9 Å². The van der Waals surface area contributed by atoms with Crippen molar-refractivity contribution < 1.29 is 14.7 Å². The fourth-order valence-electron chi connectivity index (χ4n) is 2.50. The number of rotatable bonds is 11. The van der Waals surface area contributed by atoms with E-state index in [1.807, 2.05) is 19.2 Å². The van der Waals surface area contributed by atoms with Crippen molar-refractivity contribution in [3.05, 3.63) is 21.8 Å². The third-order valence-electron chi connectivity index (χ3n) is 4.15. The molecule has 148 valence electrons. The van der Waals surface area contributed by atoms with Crippen molar-refractivity contribution in [2.75, 3.05) is 5.75 Å². The summed E-state index contributed by atoms with van der Waals surface area (Å²) >= 11 is 2.60. The highest BCUT2D eigenvalue weighted by molar-refractivity contribution is 7.99. The number of hydrogen-bond acceptors (Lipinski definition) is 7. The number of unbranched alkanes of at least 4 members (excludes halogenated alkanes) is 2. The predicted molar refractivity (Wildman–Crippen MR) is 106 cm³/mol. The van der Waals surface area contributed by atoms with E-state index >= 15 is 0 Å². The molecule has 0 aliphatic rings. The number of hydrogen-bond donors (Lipinski definition) is 1. The summed E-state index contributed by atoms with van der Waals surface area (Å²) in [4.78, 5) is 39.9. The van der Waals surface area contributed by atoms with Gasteiger partial charge in [-0.3, -0.25) is 14.2 Å². The number of nitrogens with one attached hydrogen (secondary N) is 1. The fourth-order valence-corrected chi connectivity index (χ4v) is 4.11. The lowest BCUT2D eigenvalue weighted by atomic mass is 10.2. The first kappa shape index (κ1) is 21.4. The number of aromatic nitrogens is 2. The van der Waals surface area contributed by atoms with E-state index in [-0.39, 0.29) is 29.7 Å². The van der Waals surface area contributed by atoms with Crippen molar-refractivity contribution in [3.63, 3.8) is 0 Å². The van der Waals surface area contributed by atoms with Crippen molar-refractivity contribution in [2.24, 2.45) is 0 Å². The molecule has 0 saturated carbocycles. The molecule has 2 rings (SSSR count). The van der Waals surface area contributed by atoms with Gasteiger partial charge in [0.15, 0.2) is 5.16 Å². The fraction of sp³-hybridized carbons (Fsp3) is 0.556. The number of carbonyl (C=O) groups is 2. The molecule has 2 aromatic rings. The number of carboxylic acids is 1. The van der Waals surface area contributed by atoms with Crippen LogP contribution in [0.2, 0.25) is 0 Å². The maximum atomic E-state index is 12.8. The number of nitrogens with zero attached hydrogens (tertiary/aromatic N) is 2. The van der Waals surface area contributed by atoms with Crippen molar-refractivity contribution in [3.8, 4) is 0 Å². The Bertz CT molecular complexity index is 847. The van der Waals surface area contributed by atoms with Gasteiger partial charge in [0.1, 0.15) is 4.70 Å². The van der Waals surface area contributed by atoms with Crippen molar-refractivity contribution >= 4 is 45.2 Å². The van der Waals surface area contributed by atoms with Gasteiger partial charge in [-0.15, -0.1) is 11.3 Å². The summed E-state index contributed by atoms with van der Waals surface area (Å²) in [6.07, 6.45) is 2.74. The van der Waals surface area contributed by atoms with Gasteiger partial charge in [0.2, 0.25) is 5.91 Å². The zero-order chi connectivity index (χ0) is 19.8. The van der Waals surface area contributed by atoms with Crippen LogP contribution < -0.4 is 16.0 Å². The Labute approximate surface area is 166 Å². The molecule has 27 heavy (non-hydrogen) atoms. The van der Waals surface area contributed by atoms with Crippen LogP contribution in [0.5, 0.6) is 0 Å². The molecule has 0 bridgehead atoms. The Morgan fingerprint density at radius 2 is 2.15 bits per heavy atom. The second-order valence-electron chi connectivity index (χ2n) is 6.33. The molecule has 0 aliphatic heterocycles. The maximum Gasteiger partial charge on any atom is 0.272 e. The van der Waals surface area contributed by atoms with Gasteiger partial charge in [-0.05, 0) is 44.1 Å². The van der Waals surface area contributed by atoms with Gasteiger partial charge in [0, 0.05) is 18.6 Å². The van der Waals surface area contributed by atoms with Crippen molar-refractivity contribution in [2.45, 2.75) is 63.7 Å². The highest BCUT2D eigenvalue weighted by atomic mass is 32.2. The van der Waals surface area contributed by atoms with Gasteiger partial charge < -0.3 is 15.2 Å².